The highest BCUT2D eigenvalue weighted by atomic mass is 35.5. The summed E-state index contributed by atoms with van der Waals surface area (Å²) in [6.07, 6.45) is 1.44. The molecule has 2 rings (SSSR count). The van der Waals surface area contributed by atoms with Gasteiger partial charge in [0, 0.05) is 11.1 Å². The lowest BCUT2D eigenvalue weighted by Gasteiger charge is -2.12. The van der Waals surface area contributed by atoms with Gasteiger partial charge in [0.2, 0.25) is 5.96 Å². The molecule has 6 nitrogen and oxygen atoms in total. The number of hydrogen-bond acceptors (Lipinski definition) is 4. The molecule has 0 saturated heterocycles. The minimum atomic E-state index is -0.137. The first-order chi connectivity index (χ1) is 11.5. The fraction of sp³-hybridized carbons (Fsp3) is 0.125. The van der Waals surface area contributed by atoms with Crippen LogP contribution in [0.2, 0.25) is 10.0 Å². The fourth-order valence-corrected chi connectivity index (χ4v) is 2.36. The molecule has 0 aromatic heterocycles. The predicted octanol–water partition coefficient (Wildman–Crippen LogP) is 3.61. The van der Waals surface area contributed by atoms with E-state index < -0.39 is 0 Å². The van der Waals surface area contributed by atoms with Crippen molar-refractivity contribution in [1.29, 1.82) is 0 Å². The zero-order valence-electron chi connectivity index (χ0n) is 13.3. The minimum absolute atomic E-state index is 0. The number of nitrogens with zero attached hydrogens (tertiary/aromatic N) is 2. The van der Waals surface area contributed by atoms with Crippen molar-refractivity contribution in [2.75, 3.05) is 7.11 Å². The molecular weight excluding hydrogens is 387 g/mol. The van der Waals surface area contributed by atoms with Crippen LogP contribution in [-0.2, 0) is 6.61 Å². The molecule has 0 atom stereocenters. The summed E-state index contributed by atoms with van der Waals surface area (Å²) in [5.74, 6) is 0.939. The molecular formula is C16H17Cl3N4O2. The molecule has 0 bridgehead atoms. The first-order valence-corrected chi connectivity index (χ1v) is 7.63. The lowest BCUT2D eigenvalue weighted by atomic mass is 10.2. The van der Waals surface area contributed by atoms with Crippen LogP contribution in [0.3, 0.4) is 0 Å². The highest BCUT2D eigenvalue weighted by Gasteiger charge is 2.10. The molecule has 2 aromatic carbocycles. The Kier molecular flexibility index (Phi) is 8.34. The summed E-state index contributed by atoms with van der Waals surface area (Å²) in [7, 11) is 1.56. The highest BCUT2D eigenvalue weighted by Crippen LogP contribution is 2.31. The number of rotatable bonds is 6. The van der Waals surface area contributed by atoms with Gasteiger partial charge in [-0.15, -0.1) is 17.5 Å². The average Bonchev–Trinajstić information content (AvgIpc) is 2.56. The van der Waals surface area contributed by atoms with Gasteiger partial charge < -0.3 is 20.9 Å². The molecule has 0 spiro atoms. The van der Waals surface area contributed by atoms with Crippen LogP contribution in [-0.4, -0.2) is 19.3 Å². The molecule has 0 amide bonds. The fourth-order valence-electron chi connectivity index (χ4n) is 1.88. The number of methoxy groups -OCH3 is 1. The molecule has 4 N–H and O–H groups in total. The SMILES string of the molecule is COc1cccc(COc2cccc(C=NN=C(N)N)c2Cl)c1Cl.Cl. The summed E-state index contributed by atoms with van der Waals surface area (Å²) in [5, 5.41) is 8.16. The Morgan fingerprint density at radius 3 is 2.44 bits per heavy atom. The number of hydrogen-bond donors (Lipinski definition) is 2. The Labute approximate surface area is 161 Å². The predicted molar refractivity (Wildman–Crippen MR) is 104 cm³/mol. The van der Waals surface area contributed by atoms with E-state index in [-0.39, 0.29) is 25.0 Å². The second-order valence-corrected chi connectivity index (χ2v) is 5.41. The van der Waals surface area contributed by atoms with Gasteiger partial charge in [-0.1, -0.05) is 47.5 Å². The van der Waals surface area contributed by atoms with Crippen molar-refractivity contribution < 1.29 is 9.47 Å². The van der Waals surface area contributed by atoms with Gasteiger partial charge in [-0.05, 0) is 12.1 Å². The van der Waals surface area contributed by atoms with Crippen LogP contribution in [0.15, 0.2) is 46.6 Å². The summed E-state index contributed by atoms with van der Waals surface area (Å²) in [6.45, 7) is 0.240. The second kappa shape index (κ2) is 9.98. The summed E-state index contributed by atoms with van der Waals surface area (Å²) in [4.78, 5) is 0. The number of ether oxygens (including phenoxy) is 2. The third-order valence-corrected chi connectivity index (χ3v) is 3.84. The van der Waals surface area contributed by atoms with E-state index in [1.807, 2.05) is 12.1 Å². The van der Waals surface area contributed by atoms with Crippen molar-refractivity contribution in [2.24, 2.45) is 21.7 Å². The summed E-state index contributed by atoms with van der Waals surface area (Å²) in [5.41, 5.74) is 11.8. The van der Waals surface area contributed by atoms with Crippen molar-refractivity contribution in [3.63, 3.8) is 0 Å². The Morgan fingerprint density at radius 2 is 1.76 bits per heavy atom. The van der Waals surface area contributed by atoms with Gasteiger partial charge in [-0.2, -0.15) is 5.10 Å². The molecule has 134 valence electrons. The van der Waals surface area contributed by atoms with Crippen molar-refractivity contribution in [2.45, 2.75) is 6.61 Å². The van der Waals surface area contributed by atoms with Gasteiger partial charge in [0.15, 0.2) is 0 Å². The zero-order chi connectivity index (χ0) is 17.5. The quantitative estimate of drug-likeness (QED) is 0.437. The van der Waals surface area contributed by atoms with Crippen LogP contribution in [0.1, 0.15) is 11.1 Å². The highest BCUT2D eigenvalue weighted by molar-refractivity contribution is 6.34. The smallest absolute Gasteiger partial charge is 0.211 e. The number of benzene rings is 2. The van der Waals surface area contributed by atoms with Crippen molar-refractivity contribution in [1.82, 2.24) is 0 Å². The minimum Gasteiger partial charge on any atom is -0.495 e. The molecule has 0 radical (unpaired) electrons. The first-order valence-electron chi connectivity index (χ1n) is 6.87. The van der Waals surface area contributed by atoms with Gasteiger partial charge in [0.05, 0.1) is 23.4 Å². The largest absolute Gasteiger partial charge is 0.495 e. The molecule has 0 unspecified atom stereocenters. The zero-order valence-corrected chi connectivity index (χ0v) is 15.6. The monoisotopic (exact) mass is 402 g/mol. The standard InChI is InChI=1S/C16H16Cl2N4O2.ClH/c1-23-12-6-3-5-11(15(12)18)9-24-13-7-2-4-10(14(13)17)8-21-22-16(19)20;/h2-8H,9H2,1H3,(H4,19,20,22);1H. The summed E-state index contributed by atoms with van der Waals surface area (Å²) >= 11 is 12.6. The van der Waals surface area contributed by atoms with Crippen molar-refractivity contribution in [3.8, 4) is 11.5 Å². The Bertz CT molecular complexity index is 778. The van der Waals surface area contributed by atoms with Crippen LogP contribution in [0.25, 0.3) is 0 Å². The molecule has 9 heteroatoms. The van der Waals surface area contributed by atoms with E-state index >= 15 is 0 Å². The number of guanidine groups is 1. The summed E-state index contributed by atoms with van der Waals surface area (Å²) < 4.78 is 10.9. The van der Waals surface area contributed by atoms with E-state index in [4.69, 9.17) is 44.1 Å². The maximum Gasteiger partial charge on any atom is 0.211 e. The average molecular weight is 404 g/mol. The summed E-state index contributed by atoms with van der Waals surface area (Å²) in [6, 6.07) is 10.8. The molecule has 25 heavy (non-hydrogen) atoms. The molecule has 0 heterocycles. The van der Waals surface area contributed by atoms with Gasteiger partial charge in [0.25, 0.3) is 0 Å². The Balaban J connectivity index is 0.00000312. The molecule has 0 saturated carbocycles. The normalized spacial score (nSPS) is 10.2. The van der Waals surface area contributed by atoms with Crippen molar-refractivity contribution >= 4 is 47.8 Å². The first kappa shape index (κ1) is 20.9. The van der Waals surface area contributed by atoms with Gasteiger partial charge in [-0.3, -0.25) is 0 Å². The Hall–Kier alpha value is -2.15. The van der Waals surface area contributed by atoms with E-state index in [1.54, 1.807) is 31.4 Å². The van der Waals surface area contributed by atoms with Crippen molar-refractivity contribution in [3.05, 3.63) is 57.6 Å². The maximum atomic E-state index is 6.30. The van der Waals surface area contributed by atoms with Crippen LogP contribution in [0, 0.1) is 0 Å². The topological polar surface area (TPSA) is 95.2 Å². The van der Waals surface area contributed by atoms with Crippen LogP contribution < -0.4 is 20.9 Å². The number of nitrogens with two attached hydrogens (primary N) is 2. The molecule has 0 aliphatic heterocycles. The molecule has 2 aromatic rings. The third kappa shape index (κ3) is 5.70. The van der Waals surface area contributed by atoms with E-state index in [2.05, 4.69) is 10.2 Å². The third-order valence-electron chi connectivity index (χ3n) is 3.01. The van der Waals surface area contributed by atoms with Gasteiger partial charge >= 0.3 is 0 Å². The van der Waals surface area contributed by atoms with E-state index in [9.17, 15) is 0 Å². The second-order valence-electron chi connectivity index (χ2n) is 4.65. The van der Waals surface area contributed by atoms with Crippen LogP contribution in [0.4, 0.5) is 0 Å². The van der Waals surface area contributed by atoms with E-state index in [1.165, 1.54) is 6.21 Å². The Morgan fingerprint density at radius 1 is 1.08 bits per heavy atom. The van der Waals surface area contributed by atoms with Crippen LogP contribution in [0.5, 0.6) is 11.5 Å². The maximum absolute atomic E-state index is 6.30. The van der Waals surface area contributed by atoms with Gasteiger partial charge in [-0.25, -0.2) is 0 Å². The molecule has 0 fully saturated rings. The lowest BCUT2D eigenvalue weighted by molar-refractivity contribution is 0.305. The molecule has 0 aliphatic rings. The van der Waals surface area contributed by atoms with E-state index in [0.29, 0.717) is 27.1 Å². The number of halogens is 3. The lowest BCUT2D eigenvalue weighted by Crippen LogP contribution is -2.21. The van der Waals surface area contributed by atoms with E-state index in [0.717, 1.165) is 5.56 Å². The van der Waals surface area contributed by atoms with Gasteiger partial charge in [0.1, 0.15) is 18.1 Å². The van der Waals surface area contributed by atoms with Crippen LogP contribution >= 0.6 is 35.6 Å². The molecule has 0 aliphatic carbocycles.